The van der Waals surface area contributed by atoms with Crippen LogP contribution in [0, 0.1) is 10.1 Å². The molecule has 0 aromatic heterocycles. The normalized spacial score (nSPS) is 16.3. The number of nitrogens with one attached hydrogen (secondary N) is 1. The molecule has 7 heteroatoms. The van der Waals surface area contributed by atoms with E-state index in [9.17, 15) is 14.9 Å². The number of ether oxygens (including phenoxy) is 1. The van der Waals surface area contributed by atoms with E-state index in [1.165, 1.54) is 23.8 Å². The van der Waals surface area contributed by atoms with Crippen LogP contribution in [0.2, 0.25) is 5.02 Å². The van der Waals surface area contributed by atoms with Gasteiger partial charge in [0.25, 0.3) is 11.6 Å². The number of nitro groups is 1. The third-order valence-corrected chi connectivity index (χ3v) is 4.26. The maximum atomic E-state index is 12.2. The lowest BCUT2D eigenvalue weighted by Crippen LogP contribution is -2.36. The van der Waals surface area contributed by atoms with Gasteiger partial charge in [0.05, 0.1) is 17.6 Å². The fourth-order valence-electron chi connectivity index (χ4n) is 2.64. The van der Waals surface area contributed by atoms with Crippen LogP contribution in [0.25, 0.3) is 0 Å². The maximum Gasteiger partial charge on any atom is 0.288 e. The molecule has 6 nitrogen and oxygen atoms in total. The minimum atomic E-state index is -0.611. The molecular weight excluding hydrogens is 332 g/mol. The van der Waals surface area contributed by atoms with E-state index in [4.69, 9.17) is 16.3 Å². The highest BCUT2D eigenvalue weighted by atomic mass is 35.5. The number of fused-ring (bicyclic) bond motifs is 1. The number of amides is 1. The van der Waals surface area contributed by atoms with E-state index in [0.29, 0.717) is 13.2 Å². The smallest absolute Gasteiger partial charge is 0.288 e. The third kappa shape index (κ3) is 3.55. The molecule has 0 bridgehead atoms. The zero-order chi connectivity index (χ0) is 17.1. The molecule has 0 radical (unpaired) electrons. The van der Waals surface area contributed by atoms with E-state index in [-0.39, 0.29) is 22.4 Å². The molecule has 2 aromatic carbocycles. The van der Waals surface area contributed by atoms with Crippen LogP contribution < -0.4 is 5.32 Å². The summed E-state index contributed by atoms with van der Waals surface area (Å²) in [7, 11) is 0. The number of rotatable bonds is 4. The number of nitro benzene ring substituents is 1. The van der Waals surface area contributed by atoms with Gasteiger partial charge in [0.2, 0.25) is 0 Å². The van der Waals surface area contributed by atoms with Crippen molar-refractivity contribution in [1.29, 1.82) is 0 Å². The highest BCUT2D eigenvalue weighted by molar-refractivity contribution is 6.32. The lowest BCUT2D eigenvalue weighted by Gasteiger charge is -2.25. The summed E-state index contributed by atoms with van der Waals surface area (Å²) in [6.07, 6.45) is 0.600. The Bertz CT molecular complexity index is 794. The molecule has 1 aliphatic rings. The summed E-state index contributed by atoms with van der Waals surface area (Å²) < 4.78 is 5.73. The summed E-state index contributed by atoms with van der Waals surface area (Å²) in [6.45, 7) is 0.854. The van der Waals surface area contributed by atoms with Gasteiger partial charge in [-0.2, -0.15) is 0 Å². The van der Waals surface area contributed by atoms with Gasteiger partial charge in [-0.3, -0.25) is 14.9 Å². The molecular formula is C17H15ClN2O4. The van der Waals surface area contributed by atoms with Crippen molar-refractivity contribution in [3.63, 3.8) is 0 Å². The van der Waals surface area contributed by atoms with Crippen LogP contribution >= 0.6 is 11.6 Å². The van der Waals surface area contributed by atoms with E-state index in [2.05, 4.69) is 11.4 Å². The van der Waals surface area contributed by atoms with Crippen molar-refractivity contribution in [2.75, 3.05) is 6.54 Å². The number of carbonyl (C=O) groups excluding carboxylic acids is 1. The van der Waals surface area contributed by atoms with Gasteiger partial charge in [-0.1, -0.05) is 35.9 Å². The van der Waals surface area contributed by atoms with E-state index < -0.39 is 10.8 Å². The number of hydrogen-bond donors (Lipinski definition) is 1. The van der Waals surface area contributed by atoms with Crippen molar-refractivity contribution < 1.29 is 14.5 Å². The maximum absolute atomic E-state index is 12.2. The lowest BCUT2D eigenvalue weighted by molar-refractivity contribution is -0.384. The average molecular weight is 347 g/mol. The summed E-state index contributed by atoms with van der Waals surface area (Å²) >= 11 is 5.75. The van der Waals surface area contributed by atoms with Gasteiger partial charge in [0.1, 0.15) is 5.02 Å². The zero-order valence-electron chi connectivity index (χ0n) is 12.7. The monoisotopic (exact) mass is 346 g/mol. The van der Waals surface area contributed by atoms with Crippen molar-refractivity contribution >= 4 is 23.2 Å². The summed E-state index contributed by atoms with van der Waals surface area (Å²) in [6, 6.07) is 12.0. The highest BCUT2D eigenvalue weighted by Gasteiger charge is 2.21. The predicted octanol–water partition coefficient (Wildman–Crippen LogP) is 3.12. The van der Waals surface area contributed by atoms with E-state index in [1.807, 2.05) is 18.2 Å². The molecule has 0 aliphatic carbocycles. The minimum Gasteiger partial charge on any atom is -0.371 e. The summed E-state index contributed by atoms with van der Waals surface area (Å²) in [5, 5.41) is 13.6. The molecule has 2 aromatic rings. The lowest BCUT2D eigenvalue weighted by atomic mass is 9.99. The van der Waals surface area contributed by atoms with Gasteiger partial charge in [0.15, 0.2) is 0 Å². The van der Waals surface area contributed by atoms with Crippen LogP contribution in [0.3, 0.4) is 0 Å². The van der Waals surface area contributed by atoms with Crippen LogP contribution in [0.15, 0.2) is 42.5 Å². The zero-order valence-corrected chi connectivity index (χ0v) is 13.5. The Morgan fingerprint density at radius 2 is 2.04 bits per heavy atom. The molecule has 1 N–H and O–H groups in total. The molecule has 24 heavy (non-hydrogen) atoms. The summed E-state index contributed by atoms with van der Waals surface area (Å²) in [5.74, 6) is -0.391. The molecule has 1 aliphatic heterocycles. The average Bonchev–Trinajstić information content (AvgIpc) is 2.59. The van der Waals surface area contributed by atoms with Crippen molar-refractivity contribution in [1.82, 2.24) is 5.32 Å². The first-order chi connectivity index (χ1) is 11.5. The molecule has 0 saturated heterocycles. The van der Waals surface area contributed by atoms with E-state index in [0.717, 1.165) is 12.0 Å². The number of carbonyl (C=O) groups is 1. The Morgan fingerprint density at radius 1 is 1.29 bits per heavy atom. The van der Waals surface area contributed by atoms with Crippen molar-refractivity contribution in [3.05, 3.63) is 74.3 Å². The standard InChI is InChI=1S/C17H15ClN2O4/c18-15-6-5-12(8-16(15)20(22)23)17(21)19-9-14-7-11-3-1-2-4-13(11)10-24-14/h1-6,8,14H,7,9-10H2,(H,19,21). The molecule has 124 valence electrons. The Labute approximate surface area is 143 Å². The SMILES string of the molecule is O=C(NCC1Cc2ccccc2CO1)c1ccc(Cl)c([N+](=O)[O-])c1. The molecule has 1 unspecified atom stereocenters. The molecule has 1 atom stereocenters. The first-order valence-electron chi connectivity index (χ1n) is 7.45. The molecule has 1 heterocycles. The second-order valence-electron chi connectivity index (χ2n) is 5.54. The predicted molar refractivity (Wildman–Crippen MR) is 89.2 cm³/mol. The number of benzene rings is 2. The molecule has 0 fully saturated rings. The van der Waals surface area contributed by atoms with Crippen molar-refractivity contribution in [2.24, 2.45) is 0 Å². The van der Waals surface area contributed by atoms with Crippen LogP contribution in [0.4, 0.5) is 5.69 Å². The quantitative estimate of drug-likeness (QED) is 0.681. The molecule has 0 saturated carbocycles. The van der Waals surface area contributed by atoms with Crippen molar-refractivity contribution in [2.45, 2.75) is 19.1 Å². The van der Waals surface area contributed by atoms with Gasteiger partial charge in [-0.15, -0.1) is 0 Å². The Kier molecular flexibility index (Phi) is 4.78. The number of halogens is 1. The molecule has 0 spiro atoms. The largest absolute Gasteiger partial charge is 0.371 e. The van der Waals surface area contributed by atoms with Crippen molar-refractivity contribution in [3.8, 4) is 0 Å². The van der Waals surface area contributed by atoms with Crippen LogP contribution in [0.5, 0.6) is 0 Å². The Balaban J connectivity index is 1.62. The van der Waals surface area contributed by atoms with Crippen LogP contribution in [0.1, 0.15) is 21.5 Å². The number of hydrogen-bond acceptors (Lipinski definition) is 4. The highest BCUT2D eigenvalue weighted by Crippen LogP contribution is 2.25. The van der Waals surface area contributed by atoms with Gasteiger partial charge in [0, 0.05) is 24.6 Å². The first kappa shape index (κ1) is 16.4. The van der Waals surface area contributed by atoms with E-state index in [1.54, 1.807) is 0 Å². The Morgan fingerprint density at radius 3 is 2.79 bits per heavy atom. The van der Waals surface area contributed by atoms with E-state index >= 15 is 0 Å². The molecule has 1 amide bonds. The fraction of sp³-hybridized carbons (Fsp3) is 0.235. The van der Waals surface area contributed by atoms with Gasteiger partial charge in [-0.05, 0) is 23.3 Å². The van der Waals surface area contributed by atoms with Crippen LogP contribution in [-0.4, -0.2) is 23.5 Å². The van der Waals surface area contributed by atoms with Gasteiger partial charge >= 0.3 is 0 Å². The number of nitrogens with zero attached hydrogens (tertiary/aromatic N) is 1. The topological polar surface area (TPSA) is 81.5 Å². The fourth-order valence-corrected chi connectivity index (χ4v) is 2.83. The third-order valence-electron chi connectivity index (χ3n) is 3.94. The summed E-state index contributed by atoms with van der Waals surface area (Å²) in [5.41, 5.74) is 2.29. The Hall–Kier alpha value is -2.44. The van der Waals surface area contributed by atoms with Gasteiger partial charge < -0.3 is 10.1 Å². The second-order valence-corrected chi connectivity index (χ2v) is 5.95. The first-order valence-corrected chi connectivity index (χ1v) is 7.83. The molecule has 3 rings (SSSR count). The second kappa shape index (κ2) is 6.98. The van der Waals surface area contributed by atoms with Gasteiger partial charge in [-0.25, -0.2) is 0 Å². The minimum absolute atomic E-state index is 0.00349. The summed E-state index contributed by atoms with van der Waals surface area (Å²) in [4.78, 5) is 22.5. The van der Waals surface area contributed by atoms with Crippen LogP contribution in [-0.2, 0) is 17.8 Å².